The van der Waals surface area contributed by atoms with Gasteiger partial charge in [-0.1, -0.05) is 36.4 Å². The lowest BCUT2D eigenvalue weighted by Crippen LogP contribution is -2.23. The molecule has 0 saturated carbocycles. The first-order chi connectivity index (χ1) is 8.68. The van der Waals surface area contributed by atoms with Gasteiger partial charge < -0.3 is 10.1 Å². The summed E-state index contributed by atoms with van der Waals surface area (Å²) < 4.78 is 0. The summed E-state index contributed by atoms with van der Waals surface area (Å²) >= 11 is 0. The van der Waals surface area contributed by atoms with E-state index in [0.717, 1.165) is 16.6 Å². The van der Waals surface area contributed by atoms with Crippen LogP contribution in [0.3, 0.4) is 0 Å². The predicted molar refractivity (Wildman–Crippen MR) is 73.4 cm³/mol. The standard InChI is InChI=1S/C16H15NO/c1-16(18,15-7-4-10-17-15)14-9-8-12-5-2-3-6-13(12)11-14/h2-11,17-18H,1H3. The average Bonchev–Trinajstić information content (AvgIpc) is 2.92. The summed E-state index contributed by atoms with van der Waals surface area (Å²) in [4.78, 5) is 3.07. The molecule has 0 aliphatic rings. The van der Waals surface area contributed by atoms with E-state index >= 15 is 0 Å². The number of aromatic amines is 1. The Hall–Kier alpha value is -2.06. The zero-order chi connectivity index (χ0) is 12.6. The Morgan fingerprint density at radius 1 is 0.944 bits per heavy atom. The topological polar surface area (TPSA) is 36.0 Å². The molecule has 90 valence electrons. The number of rotatable bonds is 2. The van der Waals surface area contributed by atoms with Crippen LogP contribution in [0.5, 0.6) is 0 Å². The van der Waals surface area contributed by atoms with E-state index in [1.165, 1.54) is 5.39 Å². The largest absolute Gasteiger partial charge is 0.379 e. The van der Waals surface area contributed by atoms with Crippen LogP contribution in [-0.2, 0) is 5.60 Å². The Morgan fingerprint density at radius 3 is 2.44 bits per heavy atom. The number of aliphatic hydroxyl groups is 1. The second kappa shape index (κ2) is 4.00. The van der Waals surface area contributed by atoms with E-state index in [2.05, 4.69) is 17.1 Å². The number of hydrogen-bond donors (Lipinski definition) is 2. The van der Waals surface area contributed by atoms with Gasteiger partial charge in [-0.05, 0) is 41.5 Å². The number of aromatic nitrogens is 1. The zero-order valence-electron chi connectivity index (χ0n) is 10.2. The minimum Gasteiger partial charge on any atom is -0.379 e. The highest BCUT2D eigenvalue weighted by Crippen LogP contribution is 2.29. The SMILES string of the molecule is CC(O)(c1ccc2ccccc2c1)c1ccc[nH]1. The molecule has 2 heteroatoms. The summed E-state index contributed by atoms with van der Waals surface area (Å²) in [6.45, 7) is 1.81. The average molecular weight is 237 g/mol. The van der Waals surface area contributed by atoms with E-state index in [9.17, 15) is 5.11 Å². The van der Waals surface area contributed by atoms with Crippen molar-refractivity contribution in [2.24, 2.45) is 0 Å². The lowest BCUT2D eigenvalue weighted by Gasteiger charge is -2.23. The van der Waals surface area contributed by atoms with Crippen molar-refractivity contribution in [3.63, 3.8) is 0 Å². The van der Waals surface area contributed by atoms with Crippen molar-refractivity contribution in [1.82, 2.24) is 4.98 Å². The highest BCUT2D eigenvalue weighted by molar-refractivity contribution is 5.83. The predicted octanol–water partition coefficient (Wildman–Crippen LogP) is 3.42. The molecule has 0 aliphatic heterocycles. The molecule has 2 aromatic carbocycles. The summed E-state index contributed by atoms with van der Waals surface area (Å²) in [5.41, 5.74) is 0.703. The zero-order valence-corrected chi connectivity index (χ0v) is 10.2. The molecule has 0 spiro atoms. The van der Waals surface area contributed by atoms with Crippen molar-refractivity contribution in [3.8, 4) is 0 Å². The molecule has 1 heterocycles. The third-order valence-electron chi connectivity index (χ3n) is 3.43. The summed E-state index contributed by atoms with van der Waals surface area (Å²) in [5, 5.41) is 13.0. The van der Waals surface area contributed by atoms with Crippen molar-refractivity contribution >= 4 is 10.8 Å². The van der Waals surface area contributed by atoms with E-state index in [-0.39, 0.29) is 0 Å². The van der Waals surface area contributed by atoms with E-state index in [4.69, 9.17) is 0 Å². The minimum atomic E-state index is -0.993. The fraction of sp³-hybridized carbons (Fsp3) is 0.125. The van der Waals surface area contributed by atoms with Gasteiger partial charge in [-0.25, -0.2) is 0 Å². The summed E-state index contributed by atoms with van der Waals surface area (Å²) in [6.07, 6.45) is 1.82. The summed E-state index contributed by atoms with van der Waals surface area (Å²) in [5.74, 6) is 0. The maximum absolute atomic E-state index is 10.7. The van der Waals surface area contributed by atoms with Gasteiger partial charge >= 0.3 is 0 Å². The molecule has 0 amide bonds. The van der Waals surface area contributed by atoms with Crippen LogP contribution in [0.2, 0.25) is 0 Å². The second-order valence-corrected chi connectivity index (χ2v) is 4.72. The molecule has 0 fully saturated rings. The Morgan fingerprint density at radius 2 is 1.72 bits per heavy atom. The van der Waals surface area contributed by atoms with Gasteiger partial charge in [0.2, 0.25) is 0 Å². The van der Waals surface area contributed by atoms with Gasteiger partial charge in [0.05, 0.1) is 5.69 Å². The van der Waals surface area contributed by atoms with Crippen LogP contribution in [0.25, 0.3) is 10.8 Å². The summed E-state index contributed by atoms with van der Waals surface area (Å²) in [6, 6.07) is 18.0. The first-order valence-corrected chi connectivity index (χ1v) is 6.03. The fourth-order valence-electron chi connectivity index (χ4n) is 2.28. The number of benzene rings is 2. The Kier molecular flexibility index (Phi) is 2.46. The number of nitrogens with one attached hydrogen (secondary N) is 1. The lowest BCUT2D eigenvalue weighted by atomic mass is 9.91. The van der Waals surface area contributed by atoms with Crippen LogP contribution in [0.15, 0.2) is 60.8 Å². The first kappa shape index (κ1) is 11.1. The van der Waals surface area contributed by atoms with Crippen molar-refractivity contribution in [3.05, 3.63) is 72.1 Å². The lowest BCUT2D eigenvalue weighted by molar-refractivity contribution is 0.0981. The van der Waals surface area contributed by atoms with E-state index in [1.807, 2.05) is 55.6 Å². The van der Waals surface area contributed by atoms with E-state index in [1.54, 1.807) is 0 Å². The Balaban J connectivity index is 2.14. The molecule has 2 N–H and O–H groups in total. The molecule has 0 radical (unpaired) electrons. The van der Waals surface area contributed by atoms with Crippen LogP contribution < -0.4 is 0 Å². The highest BCUT2D eigenvalue weighted by Gasteiger charge is 2.26. The molecule has 1 unspecified atom stereocenters. The molecule has 0 bridgehead atoms. The van der Waals surface area contributed by atoms with Gasteiger partial charge in [-0.2, -0.15) is 0 Å². The van der Waals surface area contributed by atoms with Crippen LogP contribution >= 0.6 is 0 Å². The van der Waals surface area contributed by atoms with Crippen LogP contribution in [-0.4, -0.2) is 10.1 Å². The smallest absolute Gasteiger partial charge is 0.126 e. The molecule has 1 aromatic heterocycles. The molecule has 0 aliphatic carbocycles. The molecule has 2 nitrogen and oxygen atoms in total. The quantitative estimate of drug-likeness (QED) is 0.704. The highest BCUT2D eigenvalue weighted by atomic mass is 16.3. The minimum absolute atomic E-state index is 0.804. The van der Waals surface area contributed by atoms with Crippen LogP contribution in [0.1, 0.15) is 18.2 Å². The molecular weight excluding hydrogens is 222 g/mol. The third-order valence-corrected chi connectivity index (χ3v) is 3.43. The van der Waals surface area contributed by atoms with Crippen molar-refractivity contribution in [2.45, 2.75) is 12.5 Å². The normalized spacial score (nSPS) is 14.6. The van der Waals surface area contributed by atoms with Gasteiger partial charge in [-0.3, -0.25) is 0 Å². The van der Waals surface area contributed by atoms with Gasteiger partial charge in [0.1, 0.15) is 5.60 Å². The van der Waals surface area contributed by atoms with Crippen LogP contribution in [0.4, 0.5) is 0 Å². The molecule has 3 rings (SSSR count). The Labute approximate surface area is 106 Å². The maximum atomic E-state index is 10.7. The Bertz CT molecular complexity index is 668. The third kappa shape index (κ3) is 1.71. The molecule has 18 heavy (non-hydrogen) atoms. The van der Waals surface area contributed by atoms with Crippen molar-refractivity contribution < 1.29 is 5.11 Å². The summed E-state index contributed by atoms with van der Waals surface area (Å²) in [7, 11) is 0. The number of H-pyrrole nitrogens is 1. The molecule has 0 saturated heterocycles. The molecule has 3 aromatic rings. The first-order valence-electron chi connectivity index (χ1n) is 6.03. The van der Waals surface area contributed by atoms with Gasteiger partial charge in [-0.15, -0.1) is 0 Å². The van der Waals surface area contributed by atoms with Crippen LogP contribution in [0, 0.1) is 0 Å². The van der Waals surface area contributed by atoms with Gasteiger partial charge in [0.15, 0.2) is 0 Å². The van der Waals surface area contributed by atoms with Crippen molar-refractivity contribution in [2.75, 3.05) is 0 Å². The number of hydrogen-bond acceptors (Lipinski definition) is 1. The monoisotopic (exact) mass is 237 g/mol. The van der Waals surface area contributed by atoms with Gasteiger partial charge in [0, 0.05) is 6.20 Å². The maximum Gasteiger partial charge on any atom is 0.126 e. The molecule has 1 atom stereocenters. The second-order valence-electron chi connectivity index (χ2n) is 4.72. The van der Waals surface area contributed by atoms with E-state index in [0.29, 0.717) is 0 Å². The fourth-order valence-corrected chi connectivity index (χ4v) is 2.28. The van der Waals surface area contributed by atoms with Gasteiger partial charge in [0.25, 0.3) is 0 Å². The van der Waals surface area contributed by atoms with Crippen molar-refractivity contribution in [1.29, 1.82) is 0 Å². The number of fused-ring (bicyclic) bond motifs is 1. The molecular formula is C16H15NO. The van der Waals surface area contributed by atoms with E-state index < -0.39 is 5.60 Å².